The van der Waals surface area contributed by atoms with Crippen LogP contribution >= 0.6 is 11.6 Å². The number of nitrogens with zero attached hydrogens (tertiary/aromatic N) is 1. The van der Waals surface area contributed by atoms with Crippen LogP contribution in [0.3, 0.4) is 0 Å². The van der Waals surface area contributed by atoms with Gasteiger partial charge in [-0.25, -0.2) is 0 Å². The van der Waals surface area contributed by atoms with E-state index < -0.39 is 0 Å². The smallest absolute Gasteiger partial charge is 0.0656 e. The molecule has 1 aromatic rings. The van der Waals surface area contributed by atoms with E-state index in [1.807, 2.05) is 0 Å². The number of hydrogen-bond donors (Lipinski definition) is 1. The SMILES string of the molecule is COC[C@H](N)c1ccncc1Cl. The van der Waals surface area contributed by atoms with Crippen LogP contribution in [0, 0.1) is 0 Å². The van der Waals surface area contributed by atoms with E-state index in [4.69, 9.17) is 22.1 Å². The Morgan fingerprint density at radius 1 is 1.75 bits per heavy atom. The molecule has 2 N–H and O–H groups in total. The predicted octanol–water partition coefficient (Wildman–Crippen LogP) is 1.38. The third-order valence-electron chi connectivity index (χ3n) is 1.55. The maximum atomic E-state index is 5.86. The van der Waals surface area contributed by atoms with Crippen LogP contribution in [0.25, 0.3) is 0 Å². The van der Waals surface area contributed by atoms with Crippen LogP contribution in [0.1, 0.15) is 11.6 Å². The van der Waals surface area contributed by atoms with Crippen LogP contribution in [0.5, 0.6) is 0 Å². The highest BCUT2D eigenvalue weighted by Crippen LogP contribution is 2.19. The van der Waals surface area contributed by atoms with Gasteiger partial charge in [0.2, 0.25) is 0 Å². The molecule has 0 unspecified atom stereocenters. The van der Waals surface area contributed by atoms with E-state index in [2.05, 4.69) is 4.98 Å². The summed E-state index contributed by atoms with van der Waals surface area (Å²) in [4.78, 5) is 3.86. The van der Waals surface area contributed by atoms with Crippen LogP contribution in [-0.4, -0.2) is 18.7 Å². The largest absolute Gasteiger partial charge is 0.383 e. The van der Waals surface area contributed by atoms with Gasteiger partial charge in [0.25, 0.3) is 0 Å². The Labute approximate surface area is 76.5 Å². The van der Waals surface area contributed by atoms with E-state index in [0.29, 0.717) is 11.6 Å². The van der Waals surface area contributed by atoms with Crippen LogP contribution in [0.2, 0.25) is 5.02 Å². The van der Waals surface area contributed by atoms with Gasteiger partial charge in [-0.3, -0.25) is 4.98 Å². The van der Waals surface area contributed by atoms with E-state index in [0.717, 1.165) is 5.56 Å². The number of methoxy groups -OCH3 is 1. The fourth-order valence-corrected chi connectivity index (χ4v) is 1.22. The molecule has 0 aliphatic carbocycles. The Morgan fingerprint density at radius 3 is 3.08 bits per heavy atom. The van der Waals surface area contributed by atoms with Gasteiger partial charge in [-0.05, 0) is 11.6 Å². The highest BCUT2D eigenvalue weighted by atomic mass is 35.5. The lowest BCUT2D eigenvalue weighted by atomic mass is 10.1. The van der Waals surface area contributed by atoms with Gasteiger partial charge in [0.15, 0.2) is 0 Å². The van der Waals surface area contributed by atoms with E-state index in [1.165, 1.54) is 0 Å². The normalized spacial score (nSPS) is 12.9. The van der Waals surface area contributed by atoms with E-state index in [9.17, 15) is 0 Å². The Balaban J connectivity index is 2.79. The van der Waals surface area contributed by atoms with Crippen molar-refractivity contribution in [1.82, 2.24) is 4.98 Å². The first kappa shape index (κ1) is 9.45. The van der Waals surface area contributed by atoms with Gasteiger partial charge in [0, 0.05) is 19.5 Å². The van der Waals surface area contributed by atoms with Gasteiger partial charge in [-0.1, -0.05) is 11.6 Å². The van der Waals surface area contributed by atoms with Crippen LogP contribution < -0.4 is 5.73 Å². The second kappa shape index (κ2) is 4.40. The maximum absolute atomic E-state index is 5.86. The molecule has 0 saturated carbocycles. The van der Waals surface area contributed by atoms with Gasteiger partial charge in [0.1, 0.15) is 0 Å². The highest BCUT2D eigenvalue weighted by molar-refractivity contribution is 6.31. The molecular formula is C8H11ClN2O. The molecule has 0 fully saturated rings. The summed E-state index contributed by atoms with van der Waals surface area (Å²) in [5.41, 5.74) is 6.64. The lowest BCUT2D eigenvalue weighted by Crippen LogP contribution is -2.16. The molecule has 0 saturated heterocycles. The zero-order valence-corrected chi connectivity index (χ0v) is 7.58. The fourth-order valence-electron chi connectivity index (χ4n) is 0.956. The zero-order chi connectivity index (χ0) is 8.97. The second-order valence-corrected chi connectivity index (χ2v) is 2.87. The van der Waals surface area contributed by atoms with E-state index in [1.54, 1.807) is 25.6 Å². The minimum atomic E-state index is -0.175. The lowest BCUT2D eigenvalue weighted by Gasteiger charge is -2.11. The van der Waals surface area contributed by atoms with Crippen molar-refractivity contribution in [2.45, 2.75) is 6.04 Å². The molecule has 0 radical (unpaired) electrons. The minimum absolute atomic E-state index is 0.175. The number of rotatable bonds is 3. The van der Waals surface area contributed by atoms with Crippen molar-refractivity contribution in [3.05, 3.63) is 29.0 Å². The van der Waals surface area contributed by atoms with Crippen molar-refractivity contribution in [3.63, 3.8) is 0 Å². The summed E-state index contributed by atoms with van der Waals surface area (Å²) in [6.07, 6.45) is 3.24. The maximum Gasteiger partial charge on any atom is 0.0656 e. The molecule has 12 heavy (non-hydrogen) atoms. The summed E-state index contributed by atoms with van der Waals surface area (Å²) in [5.74, 6) is 0. The summed E-state index contributed by atoms with van der Waals surface area (Å²) in [7, 11) is 1.61. The molecule has 1 rings (SSSR count). The summed E-state index contributed by atoms with van der Waals surface area (Å²) < 4.78 is 4.91. The lowest BCUT2D eigenvalue weighted by molar-refractivity contribution is 0.181. The molecule has 0 amide bonds. The van der Waals surface area contributed by atoms with Crippen LogP contribution in [0.15, 0.2) is 18.5 Å². The summed E-state index contributed by atoms with van der Waals surface area (Å²) in [6.45, 7) is 0.462. The molecule has 0 spiro atoms. The molecule has 0 aliphatic rings. The Kier molecular flexibility index (Phi) is 3.47. The molecule has 4 heteroatoms. The fraction of sp³-hybridized carbons (Fsp3) is 0.375. The van der Waals surface area contributed by atoms with E-state index in [-0.39, 0.29) is 6.04 Å². The Hall–Kier alpha value is -0.640. The first-order valence-electron chi connectivity index (χ1n) is 3.59. The third-order valence-corrected chi connectivity index (χ3v) is 1.87. The number of pyridine rings is 1. The van der Waals surface area contributed by atoms with Crippen molar-refractivity contribution in [1.29, 1.82) is 0 Å². The van der Waals surface area contributed by atoms with Gasteiger partial charge < -0.3 is 10.5 Å². The van der Waals surface area contributed by atoms with Crippen molar-refractivity contribution >= 4 is 11.6 Å². The number of halogens is 1. The predicted molar refractivity (Wildman–Crippen MR) is 48.1 cm³/mol. The molecule has 0 aliphatic heterocycles. The quantitative estimate of drug-likeness (QED) is 0.776. The topological polar surface area (TPSA) is 48.1 Å². The van der Waals surface area contributed by atoms with Gasteiger partial charge in [-0.15, -0.1) is 0 Å². The zero-order valence-electron chi connectivity index (χ0n) is 6.83. The van der Waals surface area contributed by atoms with Crippen molar-refractivity contribution in [2.24, 2.45) is 5.73 Å². The van der Waals surface area contributed by atoms with E-state index >= 15 is 0 Å². The highest BCUT2D eigenvalue weighted by Gasteiger charge is 2.08. The molecule has 1 atom stereocenters. The summed E-state index contributed by atoms with van der Waals surface area (Å²) in [5, 5.41) is 0.585. The average Bonchev–Trinajstić information content (AvgIpc) is 2.05. The molecule has 1 aromatic heterocycles. The summed E-state index contributed by atoms with van der Waals surface area (Å²) >= 11 is 5.86. The molecule has 3 nitrogen and oxygen atoms in total. The number of aromatic nitrogens is 1. The second-order valence-electron chi connectivity index (χ2n) is 2.46. The first-order chi connectivity index (χ1) is 5.75. The van der Waals surface area contributed by atoms with Crippen molar-refractivity contribution in [2.75, 3.05) is 13.7 Å². The number of nitrogens with two attached hydrogens (primary N) is 1. The molecule has 66 valence electrons. The van der Waals surface area contributed by atoms with Crippen LogP contribution in [-0.2, 0) is 4.74 Å². The summed E-state index contributed by atoms with van der Waals surface area (Å²) in [6, 6.07) is 1.62. The number of hydrogen-bond acceptors (Lipinski definition) is 3. The molecule has 0 bridgehead atoms. The standard InChI is InChI=1S/C8H11ClN2O/c1-12-5-8(10)6-2-3-11-4-7(6)9/h2-4,8H,5,10H2,1H3/t8-/m0/s1. The van der Waals surface area contributed by atoms with Crippen molar-refractivity contribution in [3.8, 4) is 0 Å². The van der Waals surface area contributed by atoms with Crippen LogP contribution in [0.4, 0.5) is 0 Å². The number of ether oxygens (including phenoxy) is 1. The molecule has 1 heterocycles. The van der Waals surface area contributed by atoms with Gasteiger partial charge in [0.05, 0.1) is 17.7 Å². The Morgan fingerprint density at radius 2 is 2.50 bits per heavy atom. The Bertz CT molecular complexity index is 255. The van der Waals surface area contributed by atoms with Gasteiger partial charge in [-0.2, -0.15) is 0 Å². The minimum Gasteiger partial charge on any atom is -0.383 e. The van der Waals surface area contributed by atoms with Crippen molar-refractivity contribution < 1.29 is 4.74 Å². The monoisotopic (exact) mass is 186 g/mol. The third kappa shape index (κ3) is 2.17. The first-order valence-corrected chi connectivity index (χ1v) is 3.97. The average molecular weight is 187 g/mol. The van der Waals surface area contributed by atoms with Gasteiger partial charge >= 0.3 is 0 Å². The molecular weight excluding hydrogens is 176 g/mol. The molecule has 0 aromatic carbocycles.